The van der Waals surface area contributed by atoms with E-state index in [9.17, 15) is 0 Å². The zero-order valence-corrected chi connectivity index (χ0v) is 7.52. The minimum atomic E-state index is 0.528. The number of nitrogens with one attached hydrogen (secondary N) is 2. The van der Waals surface area contributed by atoms with Crippen LogP contribution in [0.3, 0.4) is 0 Å². The molecule has 0 bridgehead atoms. The van der Waals surface area contributed by atoms with Crippen LogP contribution in [-0.4, -0.2) is 20.4 Å². The highest BCUT2D eigenvalue weighted by atomic mass is 15.1. The van der Waals surface area contributed by atoms with Gasteiger partial charge >= 0.3 is 0 Å². The van der Waals surface area contributed by atoms with Gasteiger partial charge in [0, 0.05) is 12.6 Å². The molecule has 0 amide bonds. The monoisotopic (exact) mass is 160 g/mol. The van der Waals surface area contributed by atoms with Gasteiger partial charge < -0.3 is 10.6 Å². The molecule has 0 spiro atoms. The third-order valence-corrected chi connectivity index (χ3v) is 2.18. The molecule has 1 heterocycles. The summed E-state index contributed by atoms with van der Waals surface area (Å²) in [5, 5.41) is 6.82. The third-order valence-electron chi connectivity index (χ3n) is 2.18. The summed E-state index contributed by atoms with van der Waals surface area (Å²) < 4.78 is 0. The molecule has 1 atom stereocenters. The first-order chi connectivity index (χ1) is 5.75. The Morgan fingerprint density at radius 1 is 1.42 bits per heavy atom. The van der Waals surface area contributed by atoms with E-state index in [1.807, 2.05) is 0 Å². The van der Waals surface area contributed by atoms with Crippen molar-refractivity contribution in [1.82, 2.24) is 0 Å². The average molecular weight is 160 g/mol. The lowest BCUT2D eigenvalue weighted by molar-refractivity contribution is 0.818. The molecule has 0 aliphatic carbocycles. The SMILES string of the molecule is Bc1ccc2c(c1)NC[C@H](C)N2. The van der Waals surface area contributed by atoms with Gasteiger partial charge in [-0.25, -0.2) is 0 Å². The molecule has 2 rings (SSSR count). The van der Waals surface area contributed by atoms with Crippen LogP contribution in [0.25, 0.3) is 0 Å². The van der Waals surface area contributed by atoms with Crippen molar-refractivity contribution in [2.24, 2.45) is 0 Å². The van der Waals surface area contributed by atoms with Gasteiger partial charge in [0.05, 0.1) is 11.4 Å². The van der Waals surface area contributed by atoms with E-state index in [1.165, 1.54) is 16.8 Å². The fraction of sp³-hybridized carbons (Fsp3) is 0.333. The van der Waals surface area contributed by atoms with Gasteiger partial charge in [-0.05, 0) is 19.1 Å². The second-order valence-electron chi connectivity index (χ2n) is 3.48. The molecule has 3 heteroatoms. The van der Waals surface area contributed by atoms with Crippen molar-refractivity contribution in [3.8, 4) is 0 Å². The number of rotatable bonds is 0. The molecule has 62 valence electrons. The summed E-state index contributed by atoms with van der Waals surface area (Å²) in [4.78, 5) is 0. The maximum absolute atomic E-state index is 3.42. The second-order valence-corrected chi connectivity index (χ2v) is 3.48. The number of anilines is 2. The van der Waals surface area contributed by atoms with E-state index in [0.717, 1.165) is 6.54 Å². The second kappa shape index (κ2) is 2.74. The Kier molecular flexibility index (Phi) is 1.72. The predicted molar refractivity (Wildman–Crippen MR) is 56.2 cm³/mol. The van der Waals surface area contributed by atoms with Gasteiger partial charge in [-0.1, -0.05) is 11.5 Å². The molecule has 0 saturated heterocycles. The zero-order chi connectivity index (χ0) is 8.55. The maximum atomic E-state index is 3.42. The molecule has 0 radical (unpaired) electrons. The van der Waals surface area contributed by atoms with E-state index >= 15 is 0 Å². The van der Waals surface area contributed by atoms with Gasteiger partial charge in [0.25, 0.3) is 0 Å². The van der Waals surface area contributed by atoms with Gasteiger partial charge in [-0.15, -0.1) is 0 Å². The van der Waals surface area contributed by atoms with E-state index in [2.05, 4.69) is 43.6 Å². The summed E-state index contributed by atoms with van der Waals surface area (Å²) in [6, 6.07) is 6.97. The van der Waals surface area contributed by atoms with E-state index < -0.39 is 0 Å². The molecular formula is C9H13BN2. The molecule has 0 unspecified atom stereocenters. The largest absolute Gasteiger partial charge is 0.381 e. The molecule has 2 nitrogen and oxygen atoms in total. The molecule has 0 saturated carbocycles. The maximum Gasteiger partial charge on any atom is 0.139 e. The van der Waals surface area contributed by atoms with Crippen molar-refractivity contribution < 1.29 is 0 Å². The van der Waals surface area contributed by atoms with Gasteiger partial charge in [0.2, 0.25) is 0 Å². The topological polar surface area (TPSA) is 24.1 Å². The highest BCUT2D eigenvalue weighted by molar-refractivity contribution is 6.32. The molecule has 0 aromatic heterocycles. The average Bonchev–Trinajstić information content (AvgIpc) is 2.05. The van der Waals surface area contributed by atoms with E-state index in [1.54, 1.807) is 0 Å². The summed E-state index contributed by atoms with van der Waals surface area (Å²) in [5.74, 6) is 0. The molecule has 1 aromatic rings. The lowest BCUT2D eigenvalue weighted by Gasteiger charge is -2.25. The van der Waals surface area contributed by atoms with Crippen molar-refractivity contribution >= 4 is 24.7 Å². The van der Waals surface area contributed by atoms with E-state index in [4.69, 9.17) is 0 Å². The van der Waals surface area contributed by atoms with Crippen LogP contribution in [0.15, 0.2) is 18.2 Å². The normalized spacial score (nSPS) is 20.6. The van der Waals surface area contributed by atoms with Crippen LogP contribution in [0.2, 0.25) is 0 Å². The van der Waals surface area contributed by atoms with Crippen LogP contribution in [-0.2, 0) is 0 Å². The Labute approximate surface area is 73.8 Å². The van der Waals surface area contributed by atoms with Crippen LogP contribution >= 0.6 is 0 Å². The van der Waals surface area contributed by atoms with E-state index in [0.29, 0.717) is 6.04 Å². The highest BCUT2D eigenvalue weighted by Crippen LogP contribution is 2.23. The van der Waals surface area contributed by atoms with Crippen LogP contribution in [0.1, 0.15) is 6.92 Å². The molecule has 1 aliphatic heterocycles. The lowest BCUT2D eigenvalue weighted by Crippen LogP contribution is -2.30. The van der Waals surface area contributed by atoms with Crippen LogP contribution in [0.5, 0.6) is 0 Å². The molecule has 1 aliphatic rings. The fourth-order valence-electron chi connectivity index (χ4n) is 1.51. The van der Waals surface area contributed by atoms with Gasteiger partial charge in [0.15, 0.2) is 0 Å². The van der Waals surface area contributed by atoms with Crippen molar-refractivity contribution in [2.45, 2.75) is 13.0 Å². The molecule has 12 heavy (non-hydrogen) atoms. The number of fused-ring (bicyclic) bond motifs is 1. The van der Waals surface area contributed by atoms with Crippen molar-refractivity contribution in [3.63, 3.8) is 0 Å². The molecular weight excluding hydrogens is 147 g/mol. The first kappa shape index (κ1) is 7.53. The number of hydrogen-bond donors (Lipinski definition) is 2. The summed E-state index contributed by atoms with van der Waals surface area (Å²) in [6.07, 6.45) is 0. The number of benzene rings is 1. The minimum absolute atomic E-state index is 0.528. The summed E-state index contributed by atoms with van der Waals surface area (Å²) in [7, 11) is 2.11. The van der Waals surface area contributed by atoms with Crippen molar-refractivity contribution in [3.05, 3.63) is 18.2 Å². The van der Waals surface area contributed by atoms with Crippen molar-refractivity contribution in [2.75, 3.05) is 17.2 Å². The summed E-state index contributed by atoms with van der Waals surface area (Å²) >= 11 is 0. The predicted octanol–water partition coefficient (Wildman–Crippen LogP) is 0.171. The molecule has 1 aromatic carbocycles. The first-order valence-corrected chi connectivity index (χ1v) is 4.37. The quantitative estimate of drug-likeness (QED) is 0.528. The Hall–Kier alpha value is -1.12. The molecule has 2 N–H and O–H groups in total. The number of hydrogen-bond acceptors (Lipinski definition) is 2. The summed E-state index contributed by atoms with van der Waals surface area (Å²) in [5.41, 5.74) is 3.75. The Morgan fingerprint density at radius 3 is 3.08 bits per heavy atom. The highest BCUT2D eigenvalue weighted by Gasteiger charge is 2.11. The molecule has 0 fully saturated rings. The first-order valence-electron chi connectivity index (χ1n) is 4.37. The Morgan fingerprint density at radius 2 is 2.25 bits per heavy atom. The third kappa shape index (κ3) is 1.27. The van der Waals surface area contributed by atoms with Gasteiger partial charge in [0.1, 0.15) is 7.85 Å². The van der Waals surface area contributed by atoms with Gasteiger partial charge in [-0.2, -0.15) is 0 Å². The summed E-state index contributed by atoms with van der Waals surface area (Å²) in [6.45, 7) is 3.19. The minimum Gasteiger partial charge on any atom is -0.381 e. The fourth-order valence-corrected chi connectivity index (χ4v) is 1.51. The lowest BCUT2D eigenvalue weighted by atomic mass is 9.94. The van der Waals surface area contributed by atoms with E-state index in [-0.39, 0.29) is 0 Å². The van der Waals surface area contributed by atoms with Crippen molar-refractivity contribution in [1.29, 1.82) is 0 Å². The van der Waals surface area contributed by atoms with Gasteiger partial charge in [-0.3, -0.25) is 0 Å². The zero-order valence-electron chi connectivity index (χ0n) is 7.52. The van der Waals surface area contributed by atoms with Crippen LogP contribution < -0.4 is 16.1 Å². The standard InChI is InChI=1S/C9H13BN2/c1-6-5-11-9-4-7(10)2-3-8(9)12-6/h2-4,6,11-12H,5,10H2,1H3/t6-/m0/s1. The Bertz CT molecular complexity index is 299. The van der Waals surface area contributed by atoms with Crippen LogP contribution in [0, 0.1) is 0 Å². The van der Waals surface area contributed by atoms with Crippen LogP contribution in [0.4, 0.5) is 11.4 Å². The smallest absolute Gasteiger partial charge is 0.139 e. The Balaban J connectivity index is 2.37.